The molecule has 0 bridgehead atoms. The zero-order valence-electron chi connectivity index (χ0n) is 14.8. The minimum absolute atomic E-state index is 0.378. The smallest absolute Gasteiger partial charge is 0.208 e. The van der Waals surface area contributed by atoms with E-state index in [0.29, 0.717) is 12.0 Å². The molecule has 2 aromatic heterocycles. The van der Waals surface area contributed by atoms with Crippen molar-refractivity contribution in [1.29, 1.82) is 0 Å². The molecule has 1 saturated heterocycles. The van der Waals surface area contributed by atoms with Gasteiger partial charge in [-0.15, -0.1) is 11.3 Å². The summed E-state index contributed by atoms with van der Waals surface area (Å²) in [5, 5.41) is 2.16. The van der Waals surface area contributed by atoms with E-state index in [1.165, 1.54) is 4.88 Å². The molecule has 0 saturated carbocycles. The summed E-state index contributed by atoms with van der Waals surface area (Å²) < 4.78 is 11.4. The Balaban J connectivity index is 1.64. The van der Waals surface area contributed by atoms with Gasteiger partial charge in [0.1, 0.15) is 5.76 Å². The second kappa shape index (κ2) is 8.25. The molecule has 2 aromatic rings. The normalized spacial score (nSPS) is 17.7. The number of oxazole rings is 1. The van der Waals surface area contributed by atoms with Crippen LogP contribution in [-0.4, -0.2) is 54.7 Å². The molecule has 0 amide bonds. The number of nitrogens with zero attached hydrogens (tertiary/aromatic N) is 3. The molecular weight excluding hydrogens is 322 g/mol. The Bertz CT molecular complexity index is 606. The van der Waals surface area contributed by atoms with E-state index in [2.05, 4.69) is 53.2 Å². The summed E-state index contributed by atoms with van der Waals surface area (Å²) >= 11 is 1.83. The summed E-state index contributed by atoms with van der Waals surface area (Å²) in [7, 11) is 2.14. The van der Waals surface area contributed by atoms with Gasteiger partial charge in [-0.25, -0.2) is 4.98 Å². The Labute approximate surface area is 148 Å². The fourth-order valence-electron chi connectivity index (χ4n) is 3.01. The van der Waals surface area contributed by atoms with Gasteiger partial charge in [0.15, 0.2) is 0 Å². The highest BCUT2D eigenvalue weighted by Crippen LogP contribution is 2.27. The lowest BCUT2D eigenvalue weighted by Gasteiger charge is -2.36. The second-order valence-corrected chi connectivity index (χ2v) is 7.67. The van der Waals surface area contributed by atoms with Crippen LogP contribution in [0.3, 0.4) is 0 Å². The van der Waals surface area contributed by atoms with Crippen molar-refractivity contribution in [2.24, 2.45) is 0 Å². The van der Waals surface area contributed by atoms with Gasteiger partial charge >= 0.3 is 0 Å². The lowest BCUT2D eigenvalue weighted by molar-refractivity contribution is 0.00916. The highest BCUT2D eigenvalue weighted by Gasteiger charge is 2.25. The third kappa shape index (κ3) is 4.45. The van der Waals surface area contributed by atoms with E-state index in [4.69, 9.17) is 9.15 Å². The van der Waals surface area contributed by atoms with Gasteiger partial charge in [0, 0.05) is 30.4 Å². The van der Waals surface area contributed by atoms with Crippen molar-refractivity contribution in [2.75, 3.05) is 39.9 Å². The van der Waals surface area contributed by atoms with Crippen molar-refractivity contribution in [3.05, 3.63) is 40.2 Å². The molecule has 6 heteroatoms. The number of thiophene rings is 1. The highest BCUT2D eigenvalue weighted by molar-refractivity contribution is 7.10. The molecule has 1 fully saturated rings. The Morgan fingerprint density at radius 2 is 2.12 bits per heavy atom. The van der Waals surface area contributed by atoms with Gasteiger partial charge in [-0.3, -0.25) is 9.80 Å². The number of aromatic nitrogens is 1. The highest BCUT2D eigenvalue weighted by atomic mass is 32.1. The van der Waals surface area contributed by atoms with E-state index in [0.717, 1.165) is 51.0 Å². The SMILES string of the molecule is CC(C)c1cnc(CN(C)CC(c2cccs2)N2CCOCC2)o1. The molecule has 1 unspecified atom stereocenters. The van der Waals surface area contributed by atoms with E-state index in [1.54, 1.807) is 0 Å². The van der Waals surface area contributed by atoms with Gasteiger partial charge in [-0.2, -0.15) is 0 Å². The monoisotopic (exact) mass is 349 g/mol. The predicted octanol–water partition coefficient (Wildman–Crippen LogP) is 3.36. The van der Waals surface area contributed by atoms with E-state index in [9.17, 15) is 0 Å². The maximum atomic E-state index is 5.85. The molecule has 1 atom stereocenters. The van der Waals surface area contributed by atoms with Gasteiger partial charge in [0.25, 0.3) is 0 Å². The topological polar surface area (TPSA) is 41.7 Å². The number of hydrogen-bond acceptors (Lipinski definition) is 6. The largest absolute Gasteiger partial charge is 0.444 e. The second-order valence-electron chi connectivity index (χ2n) is 6.69. The molecule has 1 aliphatic heterocycles. The molecular formula is C18H27N3O2S. The Hall–Kier alpha value is -1.21. The number of ether oxygens (including phenoxy) is 1. The first-order valence-electron chi connectivity index (χ1n) is 8.62. The molecule has 3 rings (SSSR count). The fourth-order valence-corrected chi connectivity index (χ4v) is 3.86. The third-order valence-electron chi connectivity index (χ3n) is 4.39. The lowest BCUT2D eigenvalue weighted by atomic mass is 10.1. The van der Waals surface area contributed by atoms with Crippen molar-refractivity contribution < 1.29 is 9.15 Å². The van der Waals surface area contributed by atoms with Gasteiger partial charge in [-0.05, 0) is 18.5 Å². The molecule has 0 aliphatic carbocycles. The molecule has 1 aliphatic rings. The summed E-state index contributed by atoms with van der Waals surface area (Å²) in [5.41, 5.74) is 0. The van der Waals surface area contributed by atoms with Crippen molar-refractivity contribution >= 4 is 11.3 Å². The minimum atomic E-state index is 0.378. The standard InChI is InChI=1S/C18H27N3O2S/c1-14(2)16-11-19-18(23-16)13-20(3)12-15(17-5-4-10-24-17)21-6-8-22-9-7-21/h4-5,10-11,14-15H,6-9,12-13H2,1-3H3. The van der Waals surface area contributed by atoms with E-state index >= 15 is 0 Å². The quantitative estimate of drug-likeness (QED) is 0.767. The first kappa shape index (κ1) is 17.6. The van der Waals surface area contributed by atoms with Crippen molar-refractivity contribution in [3.63, 3.8) is 0 Å². The predicted molar refractivity (Wildman–Crippen MR) is 96.4 cm³/mol. The summed E-state index contributed by atoms with van der Waals surface area (Å²) in [4.78, 5) is 10.7. The Morgan fingerprint density at radius 3 is 2.75 bits per heavy atom. The number of rotatable bonds is 7. The average Bonchev–Trinajstić information content (AvgIpc) is 3.25. The van der Waals surface area contributed by atoms with Crippen molar-refractivity contribution in [2.45, 2.75) is 32.4 Å². The average molecular weight is 350 g/mol. The van der Waals surface area contributed by atoms with Gasteiger partial charge < -0.3 is 9.15 Å². The van der Waals surface area contributed by atoms with E-state index in [1.807, 2.05) is 17.5 Å². The zero-order valence-corrected chi connectivity index (χ0v) is 15.6. The zero-order chi connectivity index (χ0) is 16.9. The van der Waals surface area contributed by atoms with Gasteiger partial charge in [0.2, 0.25) is 5.89 Å². The van der Waals surface area contributed by atoms with Crippen LogP contribution in [0, 0.1) is 0 Å². The van der Waals surface area contributed by atoms with Crippen LogP contribution < -0.4 is 0 Å². The van der Waals surface area contributed by atoms with Crippen LogP contribution in [0.5, 0.6) is 0 Å². The molecule has 3 heterocycles. The maximum Gasteiger partial charge on any atom is 0.208 e. The molecule has 0 N–H and O–H groups in total. The van der Waals surface area contributed by atoms with Crippen LogP contribution >= 0.6 is 11.3 Å². The van der Waals surface area contributed by atoms with Crippen LogP contribution in [0.15, 0.2) is 28.1 Å². The van der Waals surface area contributed by atoms with Crippen molar-refractivity contribution in [1.82, 2.24) is 14.8 Å². The van der Waals surface area contributed by atoms with Crippen molar-refractivity contribution in [3.8, 4) is 0 Å². The third-order valence-corrected chi connectivity index (χ3v) is 5.36. The molecule has 0 aromatic carbocycles. The summed E-state index contributed by atoms with van der Waals surface area (Å²) in [6.07, 6.45) is 1.85. The summed E-state index contributed by atoms with van der Waals surface area (Å²) in [6, 6.07) is 4.77. The number of morpholine rings is 1. The summed E-state index contributed by atoms with van der Waals surface area (Å²) in [5.74, 6) is 2.14. The van der Waals surface area contributed by atoms with Crippen LogP contribution in [0.2, 0.25) is 0 Å². The molecule has 0 spiro atoms. The number of hydrogen-bond donors (Lipinski definition) is 0. The van der Waals surface area contributed by atoms with Gasteiger partial charge in [0.05, 0.1) is 32.0 Å². The van der Waals surface area contributed by atoms with Gasteiger partial charge in [-0.1, -0.05) is 19.9 Å². The van der Waals surface area contributed by atoms with E-state index < -0.39 is 0 Å². The first-order valence-corrected chi connectivity index (χ1v) is 9.50. The Morgan fingerprint density at radius 1 is 1.33 bits per heavy atom. The van der Waals surface area contributed by atoms with Crippen LogP contribution in [-0.2, 0) is 11.3 Å². The first-order chi connectivity index (χ1) is 11.6. The summed E-state index contributed by atoms with van der Waals surface area (Å²) in [6.45, 7) is 9.57. The fraction of sp³-hybridized carbons (Fsp3) is 0.611. The van der Waals surface area contributed by atoms with Crippen LogP contribution in [0.1, 0.15) is 42.3 Å². The maximum absolute atomic E-state index is 5.85. The molecule has 132 valence electrons. The lowest BCUT2D eigenvalue weighted by Crippen LogP contribution is -2.42. The number of likely N-dealkylation sites (N-methyl/N-ethyl adjacent to an activating group) is 1. The molecule has 0 radical (unpaired) electrons. The molecule has 5 nitrogen and oxygen atoms in total. The Kier molecular flexibility index (Phi) is 6.05. The minimum Gasteiger partial charge on any atom is -0.444 e. The van der Waals surface area contributed by atoms with Crippen LogP contribution in [0.4, 0.5) is 0 Å². The molecule has 24 heavy (non-hydrogen) atoms. The van der Waals surface area contributed by atoms with Crippen LogP contribution in [0.25, 0.3) is 0 Å². The van der Waals surface area contributed by atoms with E-state index in [-0.39, 0.29) is 0 Å².